The smallest absolute Gasteiger partial charge is 0.241 e. The molecule has 0 amide bonds. The minimum absolute atomic E-state index is 0.251. The Hall–Kier alpha value is -2.27. The first kappa shape index (κ1) is 14.7. The quantitative estimate of drug-likeness (QED) is 0.544. The van der Waals surface area contributed by atoms with E-state index in [0.717, 1.165) is 10.9 Å². The zero-order chi connectivity index (χ0) is 15.6. The molecule has 0 saturated heterocycles. The molecule has 3 rings (SSSR count). The Morgan fingerprint density at radius 2 is 1.73 bits per heavy atom. The molecular formula is C16H12N2O2S2. The predicted molar refractivity (Wildman–Crippen MR) is 89.7 cm³/mol. The van der Waals surface area contributed by atoms with Crippen LogP contribution in [0.5, 0.6) is 0 Å². The van der Waals surface area contributed by atoms with Crippen molar-refractivity contribution in [1.82, 2.24) is 3.97 Å². The van der Waals surface area contributed by atoms with Crippen LogP contribution in [0.1, 0.15) is 5.56 Å². The normalized spacial score (nSPS) is 11.3. The molecule has 1 heterocycles. The Balaban J connectivity index is 2.25. The molecule has 0 N–H and O–H groups in total. The van der Waals surface area contributed by atoms with E-state index in [2.05, 4.69) is 22.4 Å². The van der Waals surface area contributed by atoms with Gasteiger partial charge in [-0.25, -0.2) is 17.4 Å². The lowest BCUT2D eigenvalue weighted by atomic mass is 10.2. The van der Waals surface area contributed by atoms with Crippen molar-refractivity contribution in [2.75, 3.05) is 0 Å². The van der Waals surface area contributed by atoms with Crippen molar-refractivity contribution in [3.8, 4) is 0 Å². The molecule has 6 heteroatoms. The van der Waals surface area contributed by atoms with Crippen molar-refractivity contribution in [1.29, 1.82) is 0 Å². The number of rotatable bonds is 4. The molecule has 0 radical (unpaired) electrons. The predicted octanol–water partition coefficient (Wildman–Crippen LogP) is 3.48. The van der Waals surface area contributed by atoms with Crippen molar-refractivity contribution < 1.29 is 8.42 Å². The molecule has 0 aliphatic heterocycles. The van der Waals surface area contributed by atoms with Crippen LogP contribution in [0, 0.1) is 0 Å². The third-order valence-corrected chi connectivity index (χ3v) is 5.19. The van der Waals surface area contributed by atoms with Crippen molar-refractivity contribution in [2.24, 2.45) is 4.99 Å². The van der Waals surface area contributed by atoms with Crippen LogP contribution in [0.25, 0.3) is 10.9 Å². The Kier molecular flexibility index (Phi) is 3.90. The van der Waals surface area contributed by atoms with Gasteiger partial charge in [-0.15, -0.1) is 0 Å². The number of para-hydroxylation sites is 1. The maximum atomic E-state index is 12.8. The Bertz CT molecular complexity index is 970. The summed E-state index contributed by atoms with van der Waals surface area (Å²) >= 11 is 4.59. The number of benzene rings is 2. The van der Waals surface area contributed by atoms with E-state index in [-0.39, 0.29) is 4.90 Å². The first-order valence-electron chi connectivity index (χ1n) is 6.58. The van der Waals surface area contributed by atoms with E-state index in [4.69, 9.17) is 0 Å². The number of fused-ring (bicyclic) bond motifs is 1. The lowest BCUT2D eigenvalue weighted by Gasteiger charge is -2.07. The van der Waals surface area contributed by atoms with Crippen LogP contribution >= 0.6 is 12.2 Å². The molecule has 3 aromatic rings. The SMILES string of the molecule is O=S(=O)(c1ccccc1)n1cc(CN=C=S)c2ccccc21. The van der Waals surface area contributed by atoms with Gasteiger partial charge in [-0.2, -0.15) is 0 Å². The molecule has 110 valence electrons. The summed E-state index contributed by atoms with van der Waals surface area (Å²) in [7, 11) is -3.64. The highest BCUT2D eigenvalue weighted by atomic mass is 32.2. The van der Waals surface area contributed by atoms with Crippen LogP contribution in [0.3, 0.4) is 0 Å². The third-order valence-electron chi connectivity index (χ3n) is 3.37. The first-order valence-corrected chi connectivity index (χ1v) is 8.42. The van der Waals surface area contributed by atoms with Crippen LogP contribution in [-0.4, -0.2) is 17.6 Å². The second-order valence-corrected chi connectivity index (χ2v) is 6.69. The van der Waals surface area contributed by atoms with Gasteiger partial charge in [0.1, 0.15) is 0 Å². The van der Waals surface area contributed by atoms with E-state index >= 15 is 0 Å². The molecule has 0 unspecified atom stereocenters. The molecule has 22 heavy (non-hydrogen) atoms. The topological polar surface area (TPSA) is 51.4 Å². The Labute approximate surface area is 133 Å². The second kappa shape index (κ2) is 5.85. The molecule has 0 spiro atoms. The molecule has 4 nitrogen and oxygen atoms in total. The first-order chi connectivity index (χ1) is 10.6. The van der Waals surface area contributed by atoms with Gasteiger partial charge in [0.25, 0.3) is 10.0 Å². The molecule has 0 saturated carbocycles. The molecular weight excluding hydrogens is 316 g/mol. The summed E-state index contributed by atoms with van der Waals surface area (Å²) in [6.45, 7) is 0.307. The maximum absolute atomic E-state index is 12.8. The number of isothiocyanates is 1. The lowest BCUT2D eigenvalue weighted by Crippen LogP contribution is -2.11. The zero-order valence-corrected chi connectivity index (χ0v) is 13.1. The van der Waals surface area contributed by atoms with Gasteiger partial charge in [-0.3, -0.25) is 0 Å². The fourth-order valence-corrected chi connectivity index (χ4v) is 3.84. The van der Waals surface area contributed by atoms with Crippen molar-refractivity contribution in [3.63, 3.8) is 0 Å². The van der Waals surface area contributed by atoms with Gasteiger partial charge in [0, 0.05) is 17.1 Å². The number of nitrogens with zero attached hydrogens (tertiary/aromatic N) is 2. The van der Waals surface area contributed by atoms with Crippen LogP contribution in [0.4, 0.5) is 0 Å². The standard InChI is InChI=1S/C16H12N2O2S2/c19-22(20,14-6-2-1-3-7-14)18-11-13(10-17-12-21)15-8-4-5-9-16(15)18/h1-9,11H,10H2. The summed E-state index contributed by atoms with van der Waals surface area (Å²) in [6.07, 6.45) is 1.60. The second-order valence-electron chi connectivity index (χ2n) is 4.69. The fourth-order valence-electron chi connectivity index (χ4n) is 2.37. The monoisotopic (exact) mass is 328 g/mol. The summed E-state index contributed by atoms with van der Waals surface area (Å²) < 4.78 is 27.0. The largest absolute Gasteiger partial charge is 0.268 e. The van der Waals surface area contributed by atoms with Crippen LogP contribution < -0.4 is 0 Å². The average Bonchev–Trinajstić information content (AvgIpc) is 2.93. The van der Waals surface area contributed by atoms with E-state index in [1.54, 1.807) is 42.6 Å². The number of aromatic nitrogens is 1. The highest BCUT2D eigenvalue weighted by Gasteiger charge is 2.20. The third kappa shape index (κ3) is 2.48. The fraction of sp³-hybridized carbons (Fsp3) is 0.0625. The summed E-state index contributed by atoms with van der Waals surface area (Å²) in [5, 5.41) is 3.15. The number of hydrogen-bond donors (Lipinski definition) is 0. The van der Waals surface area contributed by atoms with Gasteiger partial charge >= 0.3 is 0 Å². The van der Waals surface area contributed by atoms with E-state index in [9.17, 15) is 8.42 Å². The van der Waals surface area contributed by atoms with Gasteiger partial charge in [-0.1, -0.05) is 36.4 Å². The van der Waals surface area contributed by atoms with Crippen molar-refractivity contribution in [3.05, 3.63) is 66.4 Å². The zero-order valence-electron chi connectivity index (χ0n) is 11.5. The van der Waals surface area contributed by atoms with E-state index in [0.29, 0.717) is 12.1 Å². The summed E-state index contributed by atoms with van der Waals surface area (Å²) in [4.78, 5) is 4.17. The average molecular weight is 328 g/mol. The molecule has 0 bridgehead atoms. The van der Waals surface area contributed by atoms with Gasteiger partial charge < -0.3 is 0 Å². The number of hydrogen-bond acceptors (Lipinski definition) is 4. The van der Waals surface area contributed by atoms with Crippen molar-refractivity contribution >= 4 is 38.3 Å². The summed E-state index contributed by atoms with van der Waals surface area (Å²) in [6, 6.07) is 15.7. The minimum atomic E-state index is -3.64. The molecule has 0 aliphatic carbocycles. The minimum Gasteiger partial charge on any atom is -0.241 e. The Morgan fingerprint density at radius 1 is 1.05 bits per heavy atom. The molecule has 0 fully saturated rings. The molecule has 0 aliphatic rings. The lowest BCUT2D eigenvalue weighted by molar-refractivity contribution is 0.589. The number of aliphatic imine (C=N–C) groups is 1. The van der Waals surface area contributed by atoms with E-state index in [1.807, 2.05) is 18.2 Å². The van der Waals surface area contributed by atoms with Gasteiger partial charge in [0.15, 0.2) is 0 Å². The van der Waals surface area contributed by atoms with Crippen LogP contribution in [0.15, 0.2) is 70.7 Å². The summed E-state index contributed by atoms with van der Waals surface area (Å²) in [5.74, 6) is 0. The Morgan fingerprint density at radius 3 is 2.45 bits per heavy atom. The van der Waals surface area contributed by atoms with E-state index in [1.165, 1.54) is 3.97 Å². The highest BCUT2D eigenvalue weighted by molar-refractivity contribution is 7.90. The van der Waals surface area contributed by atoms with Gasteiger partial charge in [-0.05, 0) is 30.4 Å². The van der Waals surface area contributed by atoms with E-state index < -0.39 is 10.0 Å². The molecule has 0 atom stereocenters. The van der Waals surface area contributed by atoms with Gasteiger partial charge in [0.05, 0.1) is 22.1 Å². The van der Waals surface area contributed by atoms with Gasteiger partial charge in [0.2, 0.25) is 0 Å². The highest BCUT2D eigenvalue weighted by Crippen LogP contribution is 2.26. The maximum Gasteiger partial charge on any atom is 0.268 e. The molecule has 1 aromatic heterocycles. The van der Waals surface area contributed by atoms with Crippen LogP contribution in [-0.2, 0) is 16.6 Å². The summed E-state index contributed by atoms with van der Waals surface area (Å²) in [5.41, 5.74) is 1.42. The molecule has 2 aromatic carbocycles. The van der Waals surface area contributed by atoms with Crippen LogP contribution in [0.2, 0.25) is 0 Å². The number of thiocarbonyl (C=S) groups is 1. The van der Waals surface area contributed by atoms with Crippen molar-refractivity contribution in [2.45, 2.75) is 11.4 Å².